The van der Waals surface area contributed by atoms with E-state index in [-0.39, 0.29) is 12.7 Å². The number of halogens is 1. The first-order valence-corrected chi connectivity index (χ1v) is 17.7. The van der Waals surface area contributed by atoms with E-state index in [2.05, 4.69) is 71.5 Å². The average molecular weight is 698 g/mol. The second-order valence-electron chi connectivity index (χ2n) is 13.1. The molecule has 0 radical (unpaired) electrons. The monoisotopic (exact) mass is 697 g/mol. The molecule has 264 valence electrons. The number of aliphatic hydroxyl groups is 1. The Morgan fingerprint density at radius 1 is 1.00 bits per heavy atom. The molecule has 0 amide bonds. The Balaban J connectivity index is 1.25. The van der Waals surface area contributed by atoms with Crippen LogP contribution < -0.4 is 19.5 Å². The minimum Gasteiger partial charge on any atom is -0.494 e. The molecule has 1 atom stereocenters. The summed E-state index contributed by atoms with van der Waals surface area (Å²) >= 11 is 6.80. The van der Waals surface area contributed by atoms with Crippen LogP contribution in [0.2, 0.25) is 5.02 Å². The summed E-state index contributed by atoms with van der Waals surface area (Å²) in [6.07, 6.45) is 5.83. The van der Waals surface area contributed by atoms with Crippen LogP contribution in [-0.4, -0.2) is 79.4 Å². The van der Waals surface area contributed by atoms with Crippen molar-refractivity contribution in [2.24, 2.45) is 0 Å². The van der Waals surface area contributed by atoms with Gasteiger partial charge in [0, 0.05) is 55.8 Å². The summed E-state index contributed by atoms with van der Waals surface area (Å²) in [4.78, 5) is 8.62. The van der Waals surface area contributed by atoms with E-state index in [1.165, 1.54) is 6.20 Å². The minimum absolute atomic E-state index is 0.195. The van der Waals surface area contributed by atoms with Crippen molar-refractivity contribution in [3.8, 4) is 34.4 Å². The number of hydrogen-bond donors (Lipinski definition) is 2. The van der Waals surface area contributed by atoms with Crippen LogP contribution in [0.1, 0.15) is 47.1 Å². The highest BCUT2D eigenvalue weighted by Crippen LogP contribution is 2.35. The van der Waals surface area contributed by atoms with E-state index < -0.39 is 0 Å². The van der Waals surface area contributed by atoms with Crippen LogP contribution in [0.3, 0.4) is 0 Å². The van der Waals surface area contributed by atoms with Gasteiger partial charge in [-0.3, -0.25) is 4.98 Å². The lowest BCUT2D eigenvalue weighted by Crippen LogP contribution is -2.24. The highest BCUT2D eigenvalue weighted by atomic mass is 35.5. The number of aliphatic hydroxyl groups excluding tert-OH is 1. The van der Waals surface area contributed by atoms with Crippen LogP contribution in [0.15, 0.2) is 73.1 Å². The zero-order chi connectivity index (χ0) is 35.3. The molecule has 0 bridgehead atoms. The molecule has 50 heavy (non-hydrogen) atoms. The molecule has 10 heteroatoms. The highest BCUT2D eigenvalue weighted by molar-refractivity contribution is 6.32. The number of rotatable bonds is 18. The van der Waals surface area contributed by atoms with Crippen molar-refractivity contribution in [3.63, 3.8) is 0 Å². The largest absolute Gasteiger partial charge is 0.494 e. The number of benzene rings is 3. The fourth-order valence-corrected chi connectivity index (χ4v) is 6.29. The number of pyridine rings is 1. The zero-order valence-electron chi connectivity index (χ0n) is 29.3. The SMILES string of the molecule is Cc1c(COc2cc(OCc3cncc(C#N)c3)c(CNCCCN(C)C)cc2Cl)cccc1-c1cccc(OCCCN2CC[C@@H](O)C2)c1. The Kier molecular flexibility index (Phi) is 13.9. The van der Waals surface area contributed by atoms with Gasteiger partial charge in [0.05, 0.1) is 23.3 Å². The summed E-state index contributed by atoms with van der Waals surface area (Å²) in [6.45, 7) is 8.41. The third-order valence-electron chi connectivity index (χ3n) is 8.82. The van der Waals surface area contributed by atoms with Gasteiger partial charge >= 0.3 is 0 Å². The second kappa shape index (κ2) is 18.7. The van der Waals surface area contributed by atoms with Crippen molar-refractivity contribution >= 4 is 11.6 Å². The molecule has 0 aliphatic carbocycles. The number of hydrogen-bond acceptors (Lipinski definition) is 9. The van der Waals surface area contributed by atoms with Crippen LogP contribution in [-0.2, 0) is 19.8 Å². The Morgan fingerprint density at radius 3 is 2.64 bits per heavy atom. The number of nitrogens with zero attached hydrogens (tertiary/aromatic N) is 4. The van der Waals surface area contributed by atoms with Crippen molar-refractivity contribution in [2.75, 3.05) is 53.4 Å². The summed E-state index contributed by atoms with van der Waals surface area (Å²) < 4.78 is 18.7. The normalized spacial score (nSPS) is 14.5. The number of nitriles is 1. The molecule has 1 aromatic heterocycles. The van der Waals surface area contributed by atoms with Gasteiger partial charge in [0.1, 0.15) is 36.5 Å². The van der Waals surface area contributed by atoms with E-state index in [1.807, 2.05) is 30.3 Å². The summed E-state index contributed by atoms with van der Waals surface area (Å²) in [6, 6.07) is 22.1. The standard InChI is InChI=1S/C40H48ClN5O4/c1-29-33(9-5-11-37(29)32-8-4-10-36(19-32)48-17-7-15-46-16-12-35(47)26-46)28-50-40-21-39(49-27-31-18-30(22-42)23-44-24-31)34(20-38(40)41)25-43-13-6-14-45(2)3/h4-5,8-11,18-21,23-24,35,43,47H,6-7,12-17,25-28H2,1-3H3/t35-/m1/s1. The second-order valence-corrected chi connectivity index (χ2v) is 13.5. The van der Waals surface area contributed by atoms with Gasteiger partial charge in [-0.2, -0.15) is 5.26 Å². The van der Waals surface area contributed by atoms with E-state index in [0.29, 0.717) is 41.8 Å². The van der Waals surface area contributed by atoms with Crippen molar-refractivity contribution < 1.29 is 19.3 Å². The first-order chi connectivity index (χ1) is 24.3. The van der Waals surface area contributed by atoms with E-state index in [0.717, 1.165) is 91.1 Å². The smallest absolute Gasteiger partial charge is 0.142 e. The Bertz CT molecular complexity index is 1740. The maximum atomic E-state index is 9.76. The Hall–Kier alpha value is -4.17. The van der Waals surface area contributed by atoms with Crippen LogP contribution >= 0.6 is 11.6 Å². The van der Waals surface area contributed by atoms with Crippen molar-refractivity contribution in [3.05, 3.63) is 106 Å². The minimum atomic E-state index is -0.195. The molecule has 0 spiro atoms. The van der Waals surface area contributed by atoms with Gasteiger partial charge < -0.3 is 34.4 Å². The van der Waals surface area contributed by atoms with Gasteiger partial charge in [-0.1, -0.05) is 41.9 Å². The van der Waals surface area contributed by atoms with E-state index in [4.69, 9.17) is 25.8 Å². The predicted molar refractivity (Wildman–Crippen MR) is 198 cm³/mol. The summed E-state index contributed by atoms with van der Waals surface area (Å²) in [5.74, 6) is 2.03. The van der Waals surface area contributed by atoms with Gasteiger partial charge in [-0.05, 0) is 99.9 Å². The fourth-order valence-electron chi connectivity index (χ4n) is 6.05. The molecule has 4 aromatic rings. The third kappa shape index (κ3) is 10.9. The van der Waals surface area contributed by atoms with Gasteiger partial charge in [0.15, 0.2) is 0 Å². The molecule has 3 aromatic carbocycles. The van der Waals surface area contributed by atoms with Crippen molar-refractivity contribution in [2.45, 2.75) is 52.0 Å². The topological polar surface area (TPSA) is 103 Å². The third-order valence-corrected chi connectivity index (χ3v) is 9.11. The van der Waals surface area contributed by atoms with Crippen molar-refractivity contribution in [1.82, 2.24) is 20.1 Å². The van der Waals surface area contributed by atoms with Gasteiger partial charge in [0.2, 0.25) is 0 Å². The van der Waals surface area contributed by atoms with Gasteiger partial charge in [0.25, 0.3) is 0 Å². The van der Waals surface area contributed by atoms with Gasteiger partial charge in [-0.25, -0.2) is 0 Å². The van der Waals surface area contributed by atoms with E-state index >= 15 is 0 Å². The molecule has 1 fully saturated rings. The van der Waals surface area contributed by atoms with Crippen LogP contribution in [0.25, 0.3) is 11.1 Å². The Labute approximate surface area is 301 Å². The lowest BCUT2D eigenvalue weighted by atomic mass is 9.96. The maximum Gasteiger partial charge on any atom is 0.142 e. The molecule has 1 saturated heterocycles. The molecule has 1 aliphatic rings. The highest BCUT2D eigenvalue weighted by Gasteiger charge is 2.19. The molecule has 5 rings (SSSR count). The zero-order valence-corrected chi connectivity index (χ0v) is 30.1. The lowest BCUT2D eigenvalue weighted by molar-refractivity contribution is 0.173. The molecule has 2 N–H and O–H groups in total. The van der Waals surface area contributed by atoms with Gasteiger partial charge in [-0.15, -0.1) is 0 Å². The van der Waals surface area contributed by atoms with Crippen LogP contribution in [0, 0.1) is 18.3 Å². The number of aromatic nitrogens is 1. The quantitative estimate of drug-likeness (QED) is 0.111. The number of β-amino-alcohol motifs (C(OH)–C–C–N with tert-alkyl or cyclic N) is 1. The van der Waals surface area contributed by atoms with E-state index in [9.17, 15) is 10.4 Å². The van der Waals surface area contributed by atoms with Crippen molar-refractivity contribution in [1.29, 1.82) is 5.26 Å². The van der Waals surface area contributed by atoms with Crippen LogP contribution in [0.4, 0.5) is 0 Å². The average Bonchev–Trinajstić information content (AvgIpc) is 3.54. The number of likely N-dealkylation sites (tertiary alicyclic amines) is 1. The number of nitrogens with one attached hydrogen (secondary N) is 1. The first-order valence-electron chi connectivity index (χ1n) is 17.3. The molecule has 9 nitrogen and oxygen atoms in total. The summed E-state index contributed by atoms with van der Waals surface area (Å²) in [5, 5.41) is 23.1. The molecule has 0 unspecified atom stereocenters. The molecular weight excluding hydrogens is 650 g/mol. The Morgan fingerprint density at radius 2 is 1.84 bits per heavy atom. The molecular formula is C40H48ClN5O4. The lowest BCUT2D eigenvalue weighted by Gasteiger charge is -2.18. The number of ether oxygens (including phenoxy) is 3. The summed E-state index contributed by atoms with van der Waals surface area (Å²) in [5.41, 5.74) is 6.57. The maximum absolute atomic E-state index is 9.76. The van der Waals surface area contributed by atoms with Crippen LogP contribution in [0.5, 0.6) is 17.2 Å². The molecule has 2 heterocycles. The first kappa shape index (κ1) is 37.1. The summed E-state index contributed by atoms with van der Waals surface area (Å²) in [7, 11) is 4.14. The predicted octanol–water partition coefficient (Wildman–Crippen LogP) is 6.62. The van der Waals surface area contributed by atoms with E-state index in [1.54, 1.807) is 12.3 Å². The molecule has 0 saturated carbocycles. The fraction of sp³-hybridized carbons (Fsp3) is 0.400. The molecule has 1 aliphatic heterocycles.